The Morgan fingerprint density at radius 3 is 2.83 bits per heavy atom. The number of rotatable bonds is 2. The Bertz CT molecular complexity index is 239. The van der Waals surface area contributed by atoms with Crippen molar-refractivity contribution >= 4 is 10.0 Å². The zero-order valence-electron chi connectivity index (χ0n) is 7.02. The van der Waals surface area contributed by atoms with Crippen molar-refractivity contribution in [2.24, 2.45) is 0 Å². The van der Waals surface area contributed by atoms with Gasteiger partial charge >= 0.3 is 0 Å². The van der Waals surface area contributed by atoms with Crippen molar-refractivity contribution < 1.29 is 13.5 Å². The molecular weight excluding hydrogens is 180 g/mol. The molecule has 0 saturated carbocycles. The van der Waals surface area contributed by atoms with Crippen LogP contribution in [0.4, 0.5) is 0 Å². The van der Waals surface area contributed by atoms with Gasteiger partial charge in [-0.25, -0.2) is 8.42 Å². The van der Waals surface area contributed by atoms with Gasteiger partial charge < -0.3 is 10.4 Å². The van der Waals surface area contributed by atoms with E-state index in [1.54, 1.807) is 0 Å². The minimum atomic E-state index is -3.09. The smallest absolute Gasteiger partial charge is 0.211 e. The number of hydrogen-bond acceptors (Lipinski definition) is 4. The Kier molecular flexibility index (Phi) is 3.05. The zero-order valence-corrected chi connectivity index (χ0v) is 7.84. The van der Waals surface area contributed by atoms with Crippen molar-refractivity contribution in [2.45, 2.75) is 6.04 Å². The van der Waals surface area contributed by atoms with Crippen molar-refractivity contribution in [3.05, 3.63) is 0 Å². The van der Waals surface area contributed by atoms with Gasteiger partial charge in [0.05, 0.1) is 12.9 Å². The lowest BCUT2D eigenvalue weighted by molar-refractivity contribution is 0.196. The second kappa shape index (κ2) is 3.69. The van der Waals surface area contributed by atoms with Crippen LogP contribution in [-0.4, -0.2) is 56.4 Å². The molecule has 1 fully saturated rings. The molecule has 5 nitrogen and oxygen atoms in total. The van der Waals surface area contributed by atoms with Crippen LogP contribution < -0.4 is 5.32 Å². The van der Waals surface area contributed by atoms with Crippen LogP contribution in [0.5, 0.6) is 0 Å². The van der Waals surface area contributed by atoms with E-state index in [9.17, 15) is 8.42 Å². The van der Waals surface area contributed by atoms with E-state index in [1.165, 1.54) is 10.6 Å². The minimum Gasteiger partial charge on any atom is -0.395 e. The molecule has 1 rings (SSSR count). The van der Waals surface area contributed by atoms with E-state index in [4.69, 9.17) is 5.11 Å². The molecule has 2 N–H and O–H groups in total. The molecule has 72 valence electrons. The fourth-order valence-corrected chi connectivity index (χ4v) is 2.09. The molecule has 0 aliphatic carbocycles. The number of aliphatic hydroxyl groups is 1. The first-order chi connectivity index (χ1) is 5.54. The molecule has 1 atom stereocenters. The lowest BCUT2D eigenvalue weighted by Gasteiger charge is -2.30. The molecule has 0 aromatic heterocycles. The predicted molar refractivity (Wildman–Crippen MR) is 45.3 cm³/mol. The summed E-state index contributed by atoms with van der Waals surface area (Å²) in [6.45, 7) is 1.45. The first-order valence-corrected chi connectivity index (χ1v) is 5.68. The topological polar surface area (TPSA) is 69.6 Å². The fraction of sp³-hybridized carbons (Fsp3) is 1.00. The van der Waals surface area contributed by atoms with E-state index in [0.717, 1.165) is 0 Å². The van der Waals surface area contributed by atoms with Crippen LogP contribution >= 0.6 is 0 Å². The number of hydrogen-bond donors (Lipinski definition) is 2. The molecule has 1 aliphatic heterocycles. The van der Waals surface area contributed by atoms with Crippen LogP contribution in [0.3, 0.4) is 0 Å². The maximum Gasteiger partial charge on any atom is 0.211 e. The first-order valence-electron chi connectivity index (χ1n) is 3.83. The maximum absolute atomic E-state index is 11.1. The molecule has 1 heterocycles. The molecule has 1 saturated heterocycles. The standard InChI is InChI=1S/C6H14N2O3S/c1-12(10,11)8-3-2-7-6(4-8)5-9/h6-7,9H,2-5H2,1H3. The van der Waals surface area contributed by atoms with Gasteiger partial charge in [-0.15, -0.1) is 0 Å². The molecule has 0 bridgehead atoms. The van der Waals surface area contributed by atoms with Crippen molar-refractivity contribution in [3.63, 3.8) is 0 Å². The monoisotopic (exact) mass is 194 g/mol. The Balaban J connectivity index is 2.58. The Morgan fingerprint density at radius 1 is 1.67 bits per heavy atom. The fourth-order valence-electron chi connectivity index (χ4n) is 1.22. The second-order valence-electron chi connectivity index (χ2n) is 2.95. The van der Waals surface area contributed by atoms with Crippen LogP contribution in [0.25, 0.3) is 0 Å². The summed E-state index contributed by atoms with van der Waals surface area (Å²) in [5.74, 6) is 0. The van der Waals surface area contributed by atoms with E-state index in [1.807, 2.05) is 0 Å². The lowest BCUT2D eigenvalue weighted by atomic mass is 10.2. The van der Waals surface area contributed by atoms with Gasteiger partial charge in [0.25, 0.3) is 0 Å². The summed E-state index contributed by atoms with van der Waals surface area (Å²) in [4.78, 5) is 0. The minimum absolute atomic E-state index is 0.0218. The lowest BCUT2D eigenvalue weighted by Crippen LogP contribution is -2.53. The van der Waals surface area contributed by atoms with Crippen LogP contribution in [0.1, 0.15) is 0 Å². The molecule has 0 radical (unpaired) electrons. The normalized spacial score (nSPS) is 27.3. The zero-order chi connectivity index (χ0) is 9.19. The van der Waals surface area contributed by atoms with Gasteiger partial charge in [-0.3, -0.25) is 0 Å². The summed E-state index contributed by atoms with van der Waals surface area (Å²) < 4.78 is 23.5. The SMILES string of the molecule is CS(=O)(=O)N1CCNC(CO)C1. The number of piperazine rings is 1. The van der Waals surface area contributed by atoms with Crippen molar-refractivity contribution in [3.8, 4) is 0 Å². The van der Waals surface area contributed by atoms with Gasteiger partial charge in [0.2, 0.25) is 10.0 Å². The summed E-state index contributed by atoms with van der Waals surface area (Å²) in [7, 11) is -3.09. The van der Waals surface area contributed by atoms with Crippen molar-refractivity contribution in [1.82, 2.24) is 9.62 Å². The third-order valence-corrected chi connectivity index (χ3v) is 3.18. The Labute approximate surface area is 72.4 Å². The summed E-state index contributed by atoms with van der Waals surface area (Å²) in [5, 5.41) is 11.8. The molecule has 0 amide bonds. The molecule has 6 heteroatoms. The van der Waals surface area contributed by atoms with Crippen LogP contribution in [-0.2, 0) is 10.0 Å². The van der Waals surface area contributed by atoms with Gasteiger partial charge in [0, 0.05) is 25.7 Å². The average Bonchev–Trinajstić information content (AvgIpc) is 2.03. The molecular formula is C6H14N2O3S. The van der Waals surface area contributed by atoms with Gasteiger partial charge in [-0.05, 0) is 0 Å². The van der Waals surface area contributed by atoms with E-state index in [2.05, 4.69) is 5.32 Å². The number of nitrogens with zero attached hydrogens (tertiary/aromatic N) is 1. The van der Waals surface area contributed by atoms with E-state index < -0.39 is 10.0 Å². The predicted octanol–water partition coefficient (Wildman–Crippen LogP) is -1.79. The summed E-state index contributed by atoms with van der Waals surface area (Å²) >= 11 is 0. The maximum atomic E-state index is 11.1. The third-order valence-electron chi connectivity index (χ3n) is 1.91. The van der Waals surface area contributed by atoms with Crippen molar-refractivity contribution in [1.29, 1.82) is 0 Å². The highest BCUT2D eigenvalue weighted by atomic mass is 32.2. The molecule has 0 aromatic rings. The first kappa shape index (κ1) is 9.91. The van der Waals surface area contributed by atoms with Gasteiger partial charge in [-0.2, -0.15) is 4.31 Å². The summed E-state index contributed by atoms with van der Waals surface area (Å²) in [6, 6.07) is -0.117. The molecule has 0 spiro atoms. The third kappa shape index (κ3) is 2.41. The summed E-state index contributed by atoms with van der Waals surface area (Å²) in [6.07, 6.45) is 1.19. The highest BCUT2D eigenvalue weighted by Crippen LogP contribution is 2.03. The van der Waals surface area contributed by atoms with Gasteiger partial charge in [0.1, 0.15) is 0 Å². The summed E-state index contributed by atoms with van der Waals surface area (Å²) in [5.41, 5.74) is 0. The van der Waals surface area contributed by atoms with Crippen molar-refractivity contribution in [2.75, 3.05) is 32.5 Å². The quantitative estimate of drug-likeness (QED) is 0.545. The highest BCUT2D eigenvalue weighted by molar-refractivity contribution is 7.88. The molecule has 0 aromatic carbocycles. The Hall–Kier alpha value is -0.170. The average molecular weight is 194 g/mol. The second-order valence-corrected chi connectivity index (χ2v) is 4.94. The molecule has 1 unspecified atom stereocenters. The van der Waals surface area contributed by atoms with Crippen LogP contribution in [0.2, 0.25) is 0 Å². The van der Waals surface area contributed by atoms with Gasteiger partial charge in [-0.1, -0.05) is 0 Å². The molecule has 12 heavy (non-hydrogen) atoms. The van der Waals surface area contributed by atoms with Gasteiger partial charge in [0.15, 0.2) is 0 Å². The van der Waals surface area contributed by atoms with Crippen LogP contribution in [0.15, 0.2) is 0 Å². The highest BCUT2D eigenvalue weighted by Gasteiger charge is 2.24. The molecule has 1 aliphatic rings. The van der Waals surface area contributed by atoms with E-state index >= 15 is 0 Å². The number of sulfonamides is 1. The largest absolute Gasteiger partial charge is 0.395 e. The van der Waals surface area contributed by atoms with Crippen LogP contribution in [0, 0.1) is 0 Å². The van der Waals surface area contributed by atoms with E-state index in [0.29, 0.717) is 19.6 Å². The Morgan fingerprint density at radius 2 is 2.33 bits per heavy atom. The number of nitrogens with one attached hydrogen (secondary N) is 1. The van der Waals surface area contributed by atoms with E-state index in [-0.39, 0.29) is 12.6 Å². The number of aliphatic hydroxyl groups excluding tert-OH is 1.